The molecule has 0 atom stereocenters. The number of carboxylic acid groups (broad SMARTS) is 1. The first-order chi connectivity index (χ1) is 7.68. The molecular weight excluding hydrogens is 204 g/mol. The van der Waals surface area contributed by atoms with E-state index in [9.17, 15) is 4.79 Å². The normalized spacial score (nSPS) is 17.4. The fourth-order valence-electron chi connectivity index (χ4n) is 2.14. The number of anilines is 2. The Balaban J connectivity index is 2.05. The molecule has 3 N–H and O–H groups in total. The Hall–Kier alpha value is -1.71. The zero-order valence-electron chi connectivity index (χ0n) is 9.10. The van der Waals surface area contributed by atoms with Gasteiger partial charge in [0.05, 0.1) is 17.3 Å². The first-order valence-electron chi connectivity index (χ1n) is 5.50. The number of para-hydroxylation sites is 2. The number of nitrogens with zero attached hydrogens (tertiary/aromatic N) is 1. The van der Waals surface area contributed by atoms with Crippen LogP contribution < -0.4 is 10.6 Å². The van der Waals surface area contributed by atoms with E-state index in [-0.39, 0.29) is 5.92 Å². The highest BCUT2D eigenvalue weighted by Gasteiger charge is 2.24. The summed E-state index contributed by atoms with van der Waals surface area (Å²) in [6.07, 6.45) is 1.40. The molecule has 0 bridgehead atoms. The van der Waals surface area contributed by atoms with Crippen molar-refractivity contribution in [3.8, 4) is 0 Å². The first kappa shape index (κ1) is 10.8. The SMILES string of the molecule is Nc1ccccc1N1CCC(C(=O)O)CC1. The molecule has 0 amide bonds. The second-order valence-corrected chi connectivity index (χ2v) is 4.16. The number of hydrogen-bond acceptors (Lipinski definition) is 3. The summed E-state index contributed by atoms with van der Waals surface area (Å²) < 4.78 is 0. The van der Waals surface area contributed by atoms with Crippen molar-refractivity contribution in [3.05, 3.63) is 24.3 Å². The Labute approximate surface area is 94.7 Å². The van der Waals surface area contributed by atoms with Gasteiger partial charge in [0, 0.05) is 13.1 Å². The number of hydrogen-bond donors (Lipinski definition) is 2. The van der Waals surface area contributed by atoms with Crippen LogP contribution in [0.25, 0.3) is 0 Å². The van der Waals surface area contributed by atoms with Crippen molar-refractivity contribution in [3.63, 3.8) is 0 Å². The molecule has 1 heterocycles. The molecule has 0 radical (unpaired) electrons. The molecule has 1 aliphatic heterocycles. The van der Waals surface area contributed by atoms with Gasteiger partial charge >= 0.3 is 5.97 Å². The zero-order valence-corrected chi connectivity index (χ0v) is 9.10. The number of aliphatic carboxylic acids is 1. The molecule has 0 spiro atoms. The number of piperidine rings is 1. The van der Waals surface area contributed by atoms with Crippen LogP contribution in [0, 0.1) is 5.92 Å². The van der Waals surface area contributed by atoms with Crippen molar-refractivity contribution in [2.24, 2.45) is 5.92 Å². The smallest absolute Gasteiger partial charge is 0.306 e. The molecule has 0 unspecified atom stereocenters. The maximum Gasteiger partial charge on any atom is 0.306 e. The van der Waals surface area contributed by atoms with E-state index in [1.54, 1.807) is 0 Å². The fraction of sp³-hybridized carbons (Fsp3) is 0.417. The molecule has 0 saturated carbocycles. The highest BCUT2D eigenvalue weighted by molar-refractivity contribution is 5.71. The van der Waals surface area contributed by atoms with Crippen molar-refractivity contribution in [1.82, 2.24) is 0 Å². The van der Waals surface area contributed by atoms with Crippen LogP contribution >= 0.6 is 0 Å². The predicted molar refractivity (Wildman–Crippen MR) is 63.4 cm³/mol. The Morgan fingerprint density at radius 3 is 2.50 bits per heavy atom. The molecule has 4 heteroatoms. The lowest BCUT2D eigenvalue weighted by Gasteiger charge is -2.32. The summed E-state index contributed by atoms with van der Waals surface area (Å²) >= 11 is 0. The van der Waals surface area contributed by atoms with E-state index in [0.717, 1.165) is 24.5 Å². The Kier molecular flexibility index (Phi) is 2.99. The van der Waals surface area contributed by atoms with Crippen LogP contribution in [0.1, 0.15) is 12.8 Å². The van der Waals surface area contributed by atoms with Crippen molar-refractivity contribution >= 4 is 17.3 Å². The summed E-state index contributed by atoms with van der Waals surface area (Å²) in [4.78, 5) is 13.0. The topological polar surface area (TPSA) is 66.6 Å². The molecule has 2 rings (SSSR count). The Morgan fingerprint density at radius 2 is 1.94 bits per heavy atom. The van der Waals surface area contributed by atoms with Crippen molar-refractivity contribution < 1.29 is 9.90 Å². The number of nitrogen functional groups attached to an aromatic ring is 1. The van der Waals surface area contributed by atoms with E-state index in [0.29, 0.717) is 12.8 Å². The lowest BCUT2D eigenvalue weighted by molar-refractivity contribution is -0.142. The van der Waals surface area contributed by atoms with E-state index in [1.165, 1.54) is 0 Å². The molecule has 16 heavy (non-hydrogen) atoms. The average Bonchev–Trinajstić information content (AvgIpc) is 2.30. The van der Waals surface area contributed by atoms with E-state index in [1.807, 2.05) is 24.3 Å². The van der Waals surface area contributed by atoms with Gasteiger partial charge in [0.2, 0.25) is 0 Å². The summed E-state index contributed by atoms with van der Waals surface area (Å²) in [6.45, 7) is 1.54. The molecule has 1 aliphatic rings. The molecule has 1 aromatic rings. The van der Waals surface area contributed by atoms with Crippen molar-refractivity contribution in [1.29, 1.82) is 0 Å². The molecule has 0 aromatic heterocycles. The minimum atomic E-state index is -0.680. The largest absolute Gasteiger partial charge is 0.481 e. The van der Waals surface area contributed by atoms with Crippen LogP contribution in [0.5, 0.6) is 0 Å². The van der Waals surface area contributed by atoms with Crippen LogP contribution in [0.15, 0.2) is 24.3 Å². The van der Waals surface area contributed by atoms with Gasteiger partial charge in [-0.1, -0.05) is 12.1 Å². The fourth-order valence-corrected chi connectivity index (χ4v) is 2.14. The van der Waals surface area contributed by atoms with Crippen LogP contribution in [-0.2, 0) is 4.79 Å². The van der Waals surface area contributed by atoms with Gasteiger partial charge in [0.25, 0.3) is 0 Å². The van der Waals surface area contributed by atoms with Crippen LogP contribution in [0.3, 0.4) is 0 Å². The minimum absolute atomic E-state index is 0.193. The number of carbonyl (C=O) groups is 1. The highest BCUT2D eigenvalue weighted by Crippen LogP contribution is 2.27. The zero-order chi connectivity index (χ0) is 11.5. The molecule has 1 fully saturated rings. The lowest BCUT2D eigenvalue weighted by atomic mass is 9.96. The third-order valence-corrected chi connectivity index (χ3v) is 3.12. The van der Waals surface area contributed by atoms with Gasteiger partial charge in [0.1, 0.15) is 0 Å². The van der Waals surface area contributed by atoms with Gasteiger partial charge in [0.15, 0.2) is 0 Å². The van der Waals surface area contributed by atoms with Gasteiger partial charge in [-0.3, -0.25) is 4.79 Å². The van der Waals surface area contributed by atoms with Gasteiger partial charge in [-0.15, -0.1) is 0 Å². The summed E-state index contributed by atoms with van der Waals surface area (Å²) in [7, 11) is 0. The van der Waals surface area contributed by atoms with E-state index < -0.39 is 5.97 Å². The van der Waals surface area contributed by atoms with E-state index in [2.05, 4.69) is 4.90 Å². The summed E-state index contributed by atoms with van der Waals surface area (Å²) in [6, 6.07) is 7.72. The van der Waals surface area contributed by atoms with Crippen LogP contribution in [0.4, 0.5) is 11.4 Å². The molecule has 1 aromatic carbocycles. The predicted octanol–water partition coefficient (Wildman–Crippen LogP) is 1.57. The molecular formula is C12H16N2O2. The third-order valence-electron chi connectivity index (χ3n) is 3.12. The quantitative estimate of drug-likeness (QED) is 0.742. The van der Waals surface area contributed by atoms with Gasteiger partial charge < -0.3 is 15.7 Å². The highest BCUT2D eigenvalue weighted by atomic mass is 16.4. The Morgan fingerprint density at radius 1 is 1.31 bits per heavy atom. The summed E-state index contributed by atoms with van der Waals surface area (Å²) in [5, 5.41) is 8.91. The average molecular weight is 220 g/mol. The van der Waals surface area contributed by atoms with E-state index >= 15 is 0 Å². The van der Waals surface area contributed by atoms with Crippen molar-refractivity contribution in [2.75, 3.05) is 23.7 Å². The van der Waals surface area contributed by atoms with Gasteiger partial charge in [-0.25, -0.2) is 0 Å². The molecule has 0 aliphatic carbocycles. The first-order valence-corrected chi connectivity index (χ1v) is 5.50. The number of nitrogens with two attached hydrogens (primary N) is 1. The van der Waals surface area contributed by atoms with Crippen molar-refractivity contribution in [2.45, 2.75) is 12.8 Å². The minimum Gasteiger partial charge on any atom is -0.481 e. The second-order valence-electron chi connectivity index (χ2n) is 4.16. The standard InChI is InChI=1S/C12H16N2O2/c13-10-3-1-2-4-11(10)14-7-5-9(6-8-14)12(15)16/h1-4,9H,5-8,13H2,(H,15,16). The van der Waals surface area contributed by atoms with Crippen LogP contribution in [0.2, 0.25) is 0 Å². The molecule has 86 valence electrons. The van der Waals surface area contributed by atoms with E-state index in [4.69, 9.17) is 10.8 Å². The lowest BCUT2D eigenvalue weighted by Crippen LogP contribution is -2.36. The van der Waals surface area contributed by atoms with Gasteiger partial charge in [-0.2, -0.15) is 0 Å². The number of rotatable bonds is 2. The molecule has 4 nitrogen and oxygen atoms in total. The maximum absolute atomic E-state index is 10.8. The number of carboxylic acids is 1. The number of benzene rings is 1. The summed E-state index contributed by atoms with van der Waals surface area (Å²) in [5.41, 5.74) is 7.67. The van der Waals surface area contributed by atoms with Gasteiger partial charge in [-0.05, 0) is 25.0 Å². The monoisotopic (exact) mass is 220 g/mol. The summed E-state index contributed by atoms with van der Waals surface area (Å²) in [5.74, 6) is -0.873. The molecule has 1 saturated heterocycles. The maximum atomic E-state index is 10.8. The third kappa shape index (κ3) is 2.10. The second kappa shape index (κ2) is 4.43. The van der Waals surface area contributed by atoms with Crippen LogP contribution in [-0.4, -0.2) is 24.2 Å². The Bertz CT molecular complexity index is 384.